The lowest BCUT2D eigenvalue weighted by molar-refractivity contribution is -0.116. The first-order valence-electron chi connectivity index (χ1n) is 7.27. The van der Waals surface area contributed by atoms with Gasteiger partial charge in [0.15, 0.2) is 0 Å². The molecule has 0 aliphatic heterocycles. The lowest BCUT2D eigenvalue weighted by Crippen LogP contribution is -2.12. The summed E-state index contributed by atoms with van der Waals surface area (Å²) in [6, 6.07) is 7.33. The van der Waals surface area contributed by atoms with Crippen LogP contribution < -0.4 is 5.32 Å². The minimum atomic E-state index is -0.0276. The average Bonchev–Trinajstić information content (AvgIpc) is 3.17. The molecule has 2 aromatic heterocycles. The monoisotopic (exact) mass is 311 g/mol. The number of anilines is 1. The number of H-pyrrole nitrogens is 1. The molecule has 2 heterocycles. The molecule has 1 amide bonds. The number of benzene rings is 1. The van der Waals surface area contributed by atoms with Crippen molar-refractivity contribution in [3.05, 3.63) is 47.5 Å². The number of amides is 1. The summed E-state index contributed by atoms with van der Waals surface area (Å²) in [6.45, 7) is 3.90. The average molecular weight is 311 g/mol. The standard InChI is InChI=1S/C15H17N7O/c1-10-14(11(2)19-18-10)7-8-15(23)17-12-3-5-13(6-4-12)22-9-16-20-21-22/h3-6,9H,7-8H2,1-2H3,(H,17,23)(H,18,19). The van der Waals surface area contributed by atoms with Crippen LogP contribution >= 0.6 is 0 Å². The molecule has 3 aromatic rings. The van der Waals surface area contributed by atoms with Gasteiger partial charge in [-0.3, -0.25) is 9.89 Å². The van der Waals surface area contributed by atoms with Crippen LogP contribution in [0.25, 0.3) is 5.69 Å². The zero-order valence-electron chi connectivity index (χ0n) is 12.9. The number of carbonyl (C=O) groups excluding carboxylic acids is 1. The van der Waals surface area contributed by atoms with Gasteiger partial charge in [-0.25, -0.2) is 4.68 Å². The summed E-state index contributed by atoms with van der Waals surface area (Å²) in [5.41, 5.74) is 4.64. The molecule has 8 nitrogen and oxygen atoms in total. The van der Waals surface area contributed by atoms with Crippen LogP contribution in [0.15, 0.2) is 30.6 Å². The van der Waals surface area contributed by atoms with Crippen LogP contribution in [-0.4, -0.2) is 36.3 Å². The van der Waals surface area contributed by atoms with Gasteiger partial charge in [0, 0.05) is 17.8 Å². The van der Waals surface area contributed by atoms with E-state index in [0.29, 0.717) is 12.8 Å². The Balaban J connectivity index is 1.58. The number of nitrogens with one attached hydrogen (secondary N) is 2. The van der Waals surface area contributed by atoms with E-state index in [1.165, 1.54) is 6.33 Å². The van der Waals surface area contributed by atoms with Crippen molar-refractivity contribution in [1.29, 1.82) is 0 Å². The Morgan fingerprint density at radius 3 is 2.65 bits per heavy atom. The maximum atomic E-state index is 12.1. The molecule has 0 atom stereocenters. The van der Waals surface area contributed by atoms with Gasteiger partial charge in [0.1, 0.15) is 6.33 Å². The van der Waals surface area contributed by atoms with Crippen molar-refractivity contribution in [2.75, 3.05) is 5.32 Å². The molecule has 0 fully saturated rings. The predicted molar refractivity (Wildman–Crippen MR) is 84.2 cm³/mol. The highest BCUT2D eigenvalue weighted by atomic mass is 16.1. The molecule has 0 spiro atoms. The van der Waals surface area contributed by atoms with Crippen molar-refractivity contribution < 1.29 is 4.79 Å². The Morgan fingerprint density at radius 2 is 2.04 bits per heavy atom. The summed E-state index contributed by atoms with van der Waals surface area (Å²) >= 11 is 0. The van der Waals surface area contributed by atoms with Crippen LogP contribution in [-0.2, 0) is 11.2 Å². The van der Waals surface area contributed by atoms with Crippen LogP contribution in [0.3, 0.4) is 0 Å². The fraction of sp³-hybridized carbons (Fsp3) is 0.267. The number of rotatable bonds is 5. The smallest absolute Gasteiger partial charge is 0.224 e. The van der Waals surface area contributed by atoms with Gasteiger partial charge in [-0.2, -0.15) is 5.10 Å². The molecular weight excluding hydrogens is 294 g/mol. The molecule has 0 radical (unpaired) electrons. The number of tetrazole rings is 1. The second kappa shape index (κ2) is 6.39. The third kappa shape index (κ3) is 3.42. The van der Waals surface area contributed by atoms with E-state index in [-0.39, 0.29) is 5.91 Å². The number of aromatic nitrogens is 6. The van der Waals surface area contributed by atoms with Crippen molar-refractivity contribution >= 4 is 11.6 Å². The molecular formula is C15H17N7O. The minimum absolute atomic E-state index is 0.0276. The number of carbonyl (C=O) groups is 1. The summed E-state index contributed by atoms with van der Waals surface area (Å²) in [4.78, 5) is 12.1. The topological polar surface area (TPSA) is 101 Å². The third-order valence-electron chi connectivity index (χ3n) is 3.65. The Labute approximate surface area is 132 Å². The van der Waals surface area contributed by atoms with Gasteiger partial charge in [0.2, 0.25) is 5.91 Å². The fourth-order valence-corrected chi connectivity index (χ4v) is 2.38. The molecule has 3 rings (SSSR count). The fourth-order valence-electron chi connectivity index (χ4n) is 2.38. The van der Waals surface area contributed by atoms with Crippen LogP contribution in [0.5, 0.6) is 0 Å². The number of hydrogen-bond donors (Lipinski definition) is 2. The highest BCUT2D eigenvalue weighted by Crippen LogP contribution is 2.14. The van der Waals surface area contributed by atoms with Crippen LogP contribution in [0.4, 0.5) is 5.69 Å². The third-order valence-corrected chi connectivity index (χ3v) is 3.65. The van der Waals surface area contributed by atoms with E-state index in [9.17, 15) is 4.79 Å². The SMILES string of the molecule is Cc1n[nH]c(C)c1CCC(=O)Nc1ccc(-n2cnnn2)cc1. The van der Waals surface area contributed by atoms with E-state index in [2.05, 4.69) is 31.0 Å². The zero-order valence-corrected chi connectivity index (χ0v) is 12.9. The molecule has 0 saturated carbocycles. The summed E-state index contributed by atoms with van der Waals surface area (Å²) < 4.78 is 1.55. The molecule has 0 saturated heterocycles. The molecule has 2 N–H and O–H groups in total. The number of hydrogen-bond acceptors (Lipinski definition) is 5. The number of nitrogens with zero attached hydrogens (tertiary/aromatic N) is 5. The Morgan fingerprint density at radius 1 is 1.26 bits per heavy atom. The van der Waals surface area contributed by atoms with Crippen LogP contribution in [0.1, 0.15) is 23.4 Å². The van der Waals surface area contributed by atoms with Gasteiger partial charge >= 0.3 is 0 Å². The van der Waals surface area contributed by atoms with Gasteiger partial charge in [-0.05, 0) is 60.5 Å². The van der Waals surface area contributed by atoms with Gasteiger partial charge in [-0.15, -0.1) is 5.10 Å². The number of aryl methyl sites for hydroxylation is 2. The van der Waals surface area contributed by atoms with E-state index in [0.717, 1.165) is 28.3 Å². The van der Waals surface area contributed by atoms with Crippen molar-refractivity contribution in [3.63, 3.8) is 0 Å². The molecule has 23 heavy (non-hydrogen) atoms. The zero-order chi connectivity index (χ0) is 16.2. The van der Waals surface area contributed by atoms with Gasteiger partial charge in [-0.1, -0.05) is 0 Å². The highest BCUT2D eigenvalue weighted by Gasteiger charge is 2.09. The summed E-state index contributed by atoms with van der Waals surface area (Å²) in [7, 11) is 0. The van der Waals surface area contributed by atoms with Gasteiger partial charge in [0.25, 0.3) is 0 Å². The van der Waals surface area contributed by atoms with Gasteiger partial charge < -0.3 is 5.32 Å². The Hall–Kier alpha value is -3.03. The predicted octanol–water partition coefficient (Wildman–Crippen LogP) is 1.57. The molecule has 0 aliphatic rings. The molecule has 0 unspecified atom stereocenters. The van der Waals surface area contributed by atoms with E-state index in [1.807, 2.05) is 38.1 Å². The van der Waals surface area contributed by atoms with E-state index < -0.39 is 0 Å². The first kappa shape index (κ1) is 14.9. The maximum absolute atomic E-state index is 12.1. The summed E-state index contributed by atoms with van der Waals surface area (Å²) in [5, 5.41) is 20.9. The van der Waals surface area contributed by atoms with Crippen LogP contribution in [0, 0.1) is 13.8 Å². The summed E-state index contributed by atoms with van der Waals surface area (Å²) in [6.07, 6.45) is 2.60. The molecule has 8 heteroatoms. The van der Waals surface area contributed by atoms with Crippen molar-refractivity contribution in [3.8, 4) is 5.69 Å². The minimum Gasteiger partial charge on any atom is -0.326 e. The largest absolute Gasteiger partial charge is 0.326 e. The van der Waals surface area contributed by atoms with Crippen molar-refractivity contribution in [1.82, 2.24) is 30.4 Å². The van der Waals surface area contributed by atoms with Crippen LogP contribution in [0.2, 0.25) is 0 Å². The second-order valence-electron chi connectivity index (χ2n) is 5.26. The van der Waals surface area contributed by atoms with Gasteiger partial charge in [0.05, 0.1) is 11.4 Å². The molecule has 0 aliphatic carbocycles. The van der Waals surface area contributed by atoms with Crippen molar-refractivity contribution in [2.24, 2.45) is 0 Å². The van der Waals surface area contributed by atoms with Crippen molar-refractivity contribution in [2.45, 2.75) is 26.7 Å². The Bertz CT molecular complexity index is 770. The lowest BCUT2D eigenvalue weighted by Gasteiger charge is -2.06. The number of aromatic amines is 1. The van der Waals surface area contributed by atoms with E-state index in [4.69, 9.17) is 0 Å². The molecule has 1 aromatic carbocycles. The summed E-state index contributed by atoms with van der Waals surface area (Å²) in [5.74, 6) is -0.0276. The second-order valence-corrected chi connectivity index (χ2v) is 5.26. The normalized spacial score (nSPS) is 10.7. The maximum Gasteiger partial charge on any atom is 0.224 e. The molecule has 118 valence electrons. The van der Waals surface area contributed by atoms with E-state index >= 15 is 0 Å². The highest BCUT2D eigenvalue weighted by molar-refractivity contribution is 5.90. The van der Waals surface area contributed by atoms with E-state index in [1.54, 1.807) is 4.68 Å². The first-order valence-corrected chi connectivity index (χ1v) is 7.27. The first-order chi connectivity index (χ1) is 11.1. The lowest BCUT2D eigenvalue weighted by atomic mass is 10.1. The molecule has 0 bridgehead atoms. The quantitative estimate of drug-likeness (QED) is 0.745. The Kier molecular flexibility index (Phi) is 4.13.